The van der Waals surface area contributed by atoms with E-state index in [1.54, 1.807) is 0 Å². The molecule has 0 amide bonds. The van der Waals surface area contributed by atoms with Crippen LogP contribution in [0.5, 0.6) is 0 Å². The van der Waals surface area contributed by atoms with Crippen molar-refractivity contribution in [2.24, 2.45) is 0 Å². The summed E-state index contributed by atoms with van der Waals surface area (Å²) in [7, 11) is 0. The molecule has 0 bridgehead atoms. The minimum absolute atomic E-state index is 0. The fourth-order valence-electron chi connectivity index (χ4n) is 2.67. The van der Waals surface area contributed by atoms with Crippen molar-refractivity contribution in [3.63, 3.8) is 0 Å². The van der Waals surface area contributed by atoms with Crippen LogP contribution < -0.4 is 0 Å². The van der Waals surface area contributed by atoms with Crippen LogP contribution in [0.4, 0.5) is 0 Å². The Morgan fingerprint density at radius 3 is 1.30 bits per heavy atom. The Kier molecular flexibility index (Phi) is 6.43. The topological polar surface area (TPSA) is 30.0 Å². The lowest BCUT2D eigenvalue weighted by molar-refractivity contribution is -0.950. The minimum Gasteiger partial charge on any atom is -0.870 e. The highest BCUT2D eigenvalue weighted by molar-refractivity contribution is 5.15. The number of benzene rings is 2. The molecule has 0 radical (unpaired) electrons. The average molecular weight is 271 g/mol. The first-order chi connectivity index (χ1) is 9.28. The molecule has 2 rings (SSSR count). The SMILES string of the molecule is CC[N+](CC)(Cc1ccccc1)Cc1ccccc1.[OH-]. The predicted molar refractivity (Wildman–Crippen MR) is 83.6 cm³/mol. The van der Waals surface area contributed by atoms with Crippen LogP contribution in [-0.2, 0) is 13.1 Å². The third-order valence-corrected chi connectivity index (χ3v) is 4.06. The van der Waals surface area contributed by atoms with Crippen molar-refractivity contribution in [3.8, 4) is 0 Å². The maximum Gasteiger partial charge on any atom is 0.105 e. The molecule has 0 fully saturated rings. The van der Waals surface area contributed by atoms with Crippen molar-refractivity contribution < 1.29 is 9.96 Å². The van der Waals surface area contributed by atoms with Gasteiger partial charge >= 0.3 is 0 Å². The molecule has 0 atom stereocenters. The van der Waals surface area contributed by atoms with Crippen LogP contribution >= 0.6 is 0 Å². The summed E-state index contributed by atoms with van der Waals surface area (Å²) in [6.07, 6.45) is 0. The molecule has 0 spiro atoms. The molecule has 20 heavy (non-hydrogen) atoms. The van der Waals surface area contributed by atoms with E-state index in [1.807, 2.05) is 0 Å². The maximum atomic E-state index is 2.30. The van der Waals surface area contributed by atoms with E-state index in [2.05, 4.69) is 74.5 Å². The van der Waals surface area contributed by atoms with Crippen LogP contribution in [0.1, 0.15) is 25.0 Å². The van der Waals surface area contributed by atoms with Crippen molar-refractivity contribution >= 4 is 0 Å². The lowest BCUT2D eigenvalue weighted by Crippen LogP contribution is -2.46. The zero-order valence-corrected chi connectivity index (χ0v) is 12.5. The number of rotatable bonds is 6. The highest BCUT2D eigenvalue weighted by Crippen LogP contribution is 2.19. The predicted octanol–water partition coefficient (Wildman–Crippen LogP) is 4.07. The molecular weight excluding hydrogens is 246 g/mol. The molecule has 0 unspecified atom stereocenters. The number of quaternary nitrogens is 1. The maximum absolute atomic E-state index is 2.30. The minimum atomic E-state index is 0. The summed E-state index contributed by atoms with van der Waals surface area (Å²) in [5.74, 6) is 0. The van der Waals surface area contributed by atoms with Gasteiger partial charge in [0.05, 0.1) is 13.1 Å². The molecule has 0 aliphatic heterocycles. The van der Waals surface area contributed by atoms with Crippen LogP contribution in [0.3, 0.4) is 0 Å². The van der Waals surface area contributed by atoms with Crippen LogP contribution in [0.25, 0.3) is 0 Å². The van der Waals surface area contributed by atoms with Gasteiger partial charge in [0.15, 0.2) is 0 Å². The summed E-state index contributed by atoms with van der Waals surface area (Å²) in [4.78, 5) is 0. The third kappa shape index (κ3) is 4.19. The van der Waals surface area contributed by atoms with Gasteiger partial charge in [-0.25, -0.2) is 0 Å². The molecule has 0 heterocycles. The number of hydrogen-bond donors (Lipinski definition) is 0. The fourth-order valence-corrected chi connectivity index (χ4v) is 2.67. The molecular formula is C18H25NO. The lowest BCUT2D eigenvalue weighted by Gasteiger charge is -2.37. The summed E-state index contributed by atoms with van der Waals surface area (Å²) < 4.78 is 1.12. The molecule has 108 valence electrons. The first-order valence-electron chi connectivity index (χ1n) is 7.21. The molecule has 2 aromatic rings. The van der Waals surface area contributed by atoms with Gasteiger partial charge in [-0.3, -0.25) is 0 Å². The van der Waals surface area contributed by atoms with Crippen LogP contribution in [0, 0.1) is 0 Å². The zero-order valence-electron chi connectivity index (χ0n) is 12.5. The van der Waals surface area contributed by atoms with E-state index in [1.165, 1.54) is 24.2 Å². The largest absolute Gasteiger partial charge is 0.870 e. The number of hydrogen-bond acceptors (Lipinski definition) is 1. The molecule has 0 aromatic heterocycles. The Balaban J connectivity index is 0.00000200. The van der Waals surface area contributed by atoms with Gasteiger partial charge < -0.3 is 9.96 Å². The second-order valence-electron chi connectivity index (χ2n) is 5.26. The average Bonchev–Trinajstić information content (AvgIpc) is 2.48. The van der Waals surface area contributed by atoms with Crippen molar-refractivity contribution in [3.05, 3.63) is 71.8 Å². The molecule has 0 saturated carbocycles. The van der Waals surface area contributed by atoms with Gasteiger partial charge in [-0.15, -0.1) is 0 Å². The summed E-state index contributed by atoms with van der Waals surface area (Å²) in [5.41, 5.74) is 2.87. The van der Waals surface area contributed by atoms with Crippen molar-refractivity contribution in [1.82, 2.24) is 0 Å². The van der Waals surface area contributed by atoms with Gasteiger partial charge in [0.2, 0.25) is 0 Å². The molecule has 2 nitrogen and oxygen atoms in total. The van der Waals surface area contributed by atoms with Crippen molar-refractivity contribution in [2.45, 2.75) is 26.9 Å². The number of nitrogens with zero attached hydrogens (tertiary/aromatic N) is 1. The lowest BCUT2D eigenvalue weighted by atomic mass is 10.1. The van der Waals surface area contributed by atoms with E-state index in [9.17, 15) is 0 Å². The van der Waals surface area contributed by atoms with Gasteiger partial charge in [0.1, 0.15) is 13.1 Å². The Bertz CT molecular complexity index is 434. The summed E-state index contributed by atoms with van der Waals surface area (Å²) >= 11 is 0. The Morgan fingerprint density at radius 1 is 0.650 bits per heavy atom. The molecule has 0 saturated heterocycles. The van der Waals surface area contributed by atoms with Gasteiger partial charge in [-0.1, -0.05) is 60.7 Å². The molecule has 1 N–H and O–H groups in total. The highest BCUT2D eigenvalue weighted by Gasteiger charge is 2.23. The highest BCUT2D eigenvalue weighted by atomic mass is 16.0. The Labute approximate surface area is 122 Å². The van der Waals surface area contributed by atoms with Crippen molar-refractivity contribution in [2.75, 3.05) is 13.1 Å². The molecule has 0 aliphatic rings. The zero-order chi connectivity index (χ0) is 13.6. The van der Waals surface area contributed by atoms with Crippen LogP contribution in [0.2, 0.25) is 0 Å². The summed E-state index contributed by atoms with van der Waals surface area (Å²) in [6, 6.07) is 21.7. The van der Waals surface area contributed by atoms with Crippen LogP contribution in [-0.4, -0.2) is 23.0 Å². The van der Waals surface area contributed by atoms with E-state index < -0.39 is 0 Å². The monoisotopic (exact) mass is 271 g/mol. The normalized spacial score (nSPS) is 10.9. The van der Waals surface area contributed by atoms with Gasteiger partial charge in [-0.2, -0.15) is 0 Å². The fraction of sp³-hybridized carbons (Fsp3) is 0.333. The van der Waals surface area contributed by atoms with E-state index >= 15 is 0 Å². The van der Waals surface area contributed by atoms with E-state index in [-0.39, 0.29) is 5.48 Å². The Hall–Kier alpha value is -1.64. The summed E-state index contributed by atoms with van der Waals surface area (Å²) in [5, 5.41) is 0. The van der Waals surface area contributed by atoms with Gasteiger partial charge in [-0.05, 0) is 13.8 Å². The van der Waals surface area contributed by atoms with Gasteiger partial charge in [0.25, 0.3) is 0 Å². The first-order valence-corrected chi connectivity index (χ1v) is 7.21. The smallest absolute Gasteiger partial charge is 0.105 e. The Morgan fingerprint density at radius 2 is 1.00 bits per heavy atom. The van der Waals surface area contributed by atoms with E-state index in [0.717, 1.165) is 17.6 Å². The standard InChI is InChI=1S/C18H24N.H2O/c1-3-19(4-2,15-17-11-7-5-8-12-17)16-18-13-9-6-10-14-18;/h5-14H,3-4,15-16H2,1-2H3;1H2/q+1;/p-1. The quantitative estimate of drug-likeness (QED) is 0.728. The summed E-state index contributed by atoms with van der Waals surface area (Å²) in [6.45, 7) is 9.16. The third-order valence-electron chi connectivity index (χ3n) is 4.06. The second-order valence-corrected chi connectivity index (χ2v) is 5.26. The van der Waals surface area contributed by atoms with Gasteiger partial charge in [0, 0.05) is 11.1 Å². The van der Waals surface area contributed by atoms with E-state index in [4.69, 9.17) is 0 Å². The molecule has 2 heteroatoms. The van der Waals surface area contributed by atoms with Crippen molar-refractivity contribution in [1.29, 1.82) is 0 Å². The molecule has 0 aliphatic carbocycles. The van der Waals surface area contributed by atoms with E-state index in [0.29, 0.717) is 0 Å². The second kappa shape index (κ2) is 7.83. The molecule has 2 aromatic carbocycles. The van der Waals surface area contributed by atoms with Crippen LogP contribution in [0.15, 0.2) is 60.7 Å². The first kappa shape index (κ1) is 16.4.